The average Bonchev–Trinajstić information content (AvgIpc) is 3.26. The maximum Gasteiger partial charge on any atom is 0.243 e. The highest BCUT2D eigenvalue weighted by Crippen LogP contribution is 2.35. The van der Waals surface area contributed by atoms with E-state index in [1.807, 2.05) is 13.8 Å². The van der Waals surface area contributed by atoms with Gasteiger partial charge in [0.05, 0.1) is 29.6 Å². The molecule has 0 aliphatic carbocycles. The van der Waals surface area contributed by atoms with Crippen LogP contribution in [0, 0.1) is 23.4 Å². The zero-order valence-corrected chi connectivity index (χ0v) is 20.4. The third-order valence-corrected chi connectivity index (χ3v) is 6.56. The molecule has 1 aromatic heterocycles. The molecule has 4 N–H and O–H groups in total. The topological polar surface area (TPSA) is 106 Å². The molecule has 0 radical (unpaired) electrons. The first-order chi connectivity index (χ1) is 16.0. The van der Waals surface area contributed by atoms with Gasteiger partial charge in [0, 0.05) is 29.6 Å². The molecule has 1 heterocycles. The highest BCUT2D eigenvalue weighted by molar-refractivity contribution is 7.89. The smallest absolute Gasteiger partial charge is 0.243 e. The second-order valence-corrected chi connectivity index (χ2v) is 10.1. The number of thiazole rings is 1. The Balaban J connectivity index is 2.03. The summed E-state index contributed by atoms with van der Waals surface area (Å²) in [4.78, 5) is 2.92. The lowest BCUT2D eigenvalue weighted by molar-refractivity contribution is 0.404. The molecular weight excluding hydrogens is 489 g/mol. The van der Waals surface area contributed by atoms with Crippen LogP contribution in [0.4, 0.5) is 18.9 Å². The first-order valence-electron chi connectivity index (χ1n) is 10.3. The molecule has 0 amide bonds. The predicted molar refractivity (Wildman–Crippen MR) is 126 cm³/mol. The standard InChI is InChI=1S/C22H25F3N4O3S2/c1-12(2)7-27-8-14-13(15(23)4-5-19(14)32-3)9-28-17-6-16(24)20(18-10-33-11-29-18)21(25)22(17)34(26,30)31/h4-6,10-12,27-28H,7-9H2,1-3H3,(H2,26,30,31). The largest absolute Gasteiger partial charge is 0.496 e. The number of halogens is 3. The molecule has 0 bridgehead atoms. The van der Waals surface area contributed by atoms with Gasteiger partial charge in [-0.25, -0.2) is 31.7 Å². The molecule has 0 aliphatic heterocycles. The molecular formula is C22H25F3N4O3S2. The summed E-state index contributed by atoms with van der Waals surface area (Å²) < 4.78 is 74.6. The van der Waals surface area contributed by atoms with Crippen LogP contribution >= 0.6 is 11.3 Å². The summed E-state index contributed by atoms with van der Waals surface area (Å²) in [7, 11) is -3.17. The number of nitrogens with one attached hydrogen (secondary N) is 2. The van der Waals surface area contributed by atoms with Crippen molar-refractivity contribution in [1.82, 2.24) is 10.3 Å². The summed E-state index contributed by atoms with van der Waals surface area (Å²) in [5, 5.41) is 12.5. The molecule has 0 spiro atoms. The van der Waals surface area contributed by atoms with Crippen molar-refractivity contribution in [1.29, 1.82) is 0 Å². The minimum absolute atomic E-state index is 0.0613. The molecule has 2 aromatic carbocycles. The van der Waals surface area contributed by atoms with Crippen molar-refractivity contribution in [2.75, 3.05) is 19.0 Å². The molecule has 34 heavy (non-hydrogen) atoms. The van der Waals surface area contributed by atoms with Crippen molar-refractivity contribution in [3.8, 4) is 17.0 Å². The van der Waals surface area contributed by atoms with Gasteiger partial charge in [-0.3, -0.25) is 0 Å². The van der Waals surface area contributed by atoms with E-state index in [9.17, 15) is 17.2 Å². The van der Waals surface area contributed by atoms with Crippen LogP contribution in [0.15, 0.2) is 34.0 Å². The molecule has 0 atom stereocenters. The summed E-state index contributed by atoms with van der Waals surface area (Å²) in [5.41, 5.74) is 0.904. The Bertz CT molecular complexity index is 1270. The second-order valence-electron chi connectivity index (χ2n) is 7.93. The van der Waals surface area contributed by atoms with E-state index in [1.165, 1.54) is 30.1 Å². The maximum absolute atomic E-state index is 15.2. The van der Waals surface area contributed by atoms with E-state index in [0.29, 0.717) is 23.8 Å². The molecule has 0 saturated heterocycles. The Morgan fingerprint density at radius 3 is 2.47 bits per heavy atom. The molecule has 0 aliphatic rings. The number of sulfonamides is 1. The molecule has 0 fully saturated rings. The minimum Gasteiger partial charge on any atom is -0.496 e. The van der Waals surface area contributed by atoms with Crippen molar-refractivity contribution < 1.29 is 26.3 Å². The van der Waals surface area contributed by atoms with E-state index in [0.717, 1.165) is 17.4 Å². The molecule has 0 saturated carbocycles. The SMILES string of the molecule is COc1ccc(F)c(CNc2cc(F)c(-c3cscn3)c(F)c2S(N)(=O)=O)c1CNCC(C)C. The van der Waals surface area contributed by atoms with E-state index >= 15 is 4.39 Å². The fourth-order valence-electron chi connectivity index (χ4n) is 3.47. The second kappa shape index (κ2) is 10.7. The van der Waals surface area contributed by atoms with Crippen LogP contribution < -0.4 is 20.5 Å². The van der Waals surface area contributed by atoms with Gasteiger partial charge in [0.2, 0.25) is 10.0 Å². The van der Waals surface area contributed by atoms with Gasteiger partial charge in [0.1, 0.15) is 22.3 Å². The van der Waals surface area contributed by atoms with Gasteiger partial charge >= 0.3 is 0 Å². The van der Waals surface area contributed by atoms with Gasteiger partial charge in [0.25, 0.3) is 0 Å². The fraction of sp³-hybridized carbons (Fsp3) is 0.318. The lowest BCUT2D eigenvalue weighted by atomic mass is 10.0. The van der Waals surface area contributed by atoms with Gasteiger partial charge in [-0.05, 0) is 30.7 Å². The van der Waals surface area contributed by atoms with Gasteiger partial charge in [0.15, 0.2) is 5.82 Å². The molecule has 3 rings (SSSR count). The Morgan fingerprint density at radius 1 is 1.15 bits per heavy atom. The van der Waals surface area contributed by atoms with Crippen LogP contribution in [0.3, 0.4) is 0 Å². The van der Waals surface area contributed by atoms with Gasteiger partial charge in [-0.1, -0.05) is 13.8 Å². The monoisotopic (exact) mass is 514 g/mol. The van der Waals surface area contributed by atoms with E-state index in [-0.39, 0.29) is 24.3 Å². The van der Waals surface area contributed by atoms with Crippen molar-refractivity contribution in [3.05, 3.63) is 57.7 Å². The van der Waals surface area contributed by atoms with Crippen LogP contribution in [0.5, 0.6) is 5.75 Å². The first-order valence-corrected chi connectivity index (χ1v) is 12.8. The van der Waals surface area contributed by atoms with E-state index in [4.69, 9.17) is 9.88 Å². The zero-order chi connectivity index (χ0) is 25.0. The number of nitrogens with two attached hydrogens (primary N) is 1. The van der Waals surface area contributed by atoms with Crippen LogP contribution in [0.1, 0.15) is 25.0 Å². The molecule has 12 heteroatoms. The number of hydrogen-bond acceptors (Lipinski definition) is 7. The highest BCUT2D eigenvalue weighted by Gasteiger charge is 2.28. The Hall–Kier alpha value is -2.67. The number of ether oxygens (including phenoxy) is 1. The number of aromatic nitrogens is 1. The molecule has 0 unspecified atom stereocenters. The molecule has 3 aromatic rings. The van der Waals surface area contributed by atoms with E-state index in [2.05, 4.69) is 15.6 Å². The summed E-state index contributed by atoms with van der Waals surface area (Å²) >= 11 is 1.09. The number of nitrogens with zero attached hydrogens (tertiary/aromatic N) is 1. The predicted octanol–water partition coefficient (Wildman–Crippen LogP) is 4.24. The lowest BCUT2D eigenvalue weighted by Crippen LogP contribution is -2.22. The third-order valence-electron chi connectivity index (χ3n) is 5.01. The Morgan fingerprint density at radius 2 is 1.88 bits per heavy atom. The number of methoxy groups -OCH3 is 1. The number of hydrogen-bond donors (Lipinski definition) is 3. The minimum atomic E-state index is -4.61. The summed E-state index contributed by atoms with van der Waals surface area (Å²) in [5.74, 6) is -2.24. The normalized spacial score (nSPS) is 11.8. The maximum atomic E-state index is 15.2. The number of anilines is 1. The van der Waals surface area contributed by atoms with Crippen molar-refractivity contribution in [2.45, 2.75) is 31.8 Å². The first kappa shape index (κ1) is 25.9. The lowest BCUT2D eigenvalue weighted by Gasteiger charge is -2.19. The summed E-state index contributed by atoms with van der Waals surface area (Å²) in [6, 6.07) is 3.49. The highest BCUT2D eigenvalue weighted by atomic mass is 32.2. The Kier molecular flexibility index (Phi) is 8.18. The number of benzene rings is 2. The molecule has 7 nitrogen and oxygen atoms in total. The zero-order valence-electron chi connectivity index (χ0n) is 18.8. The van der Waals surface area contributed by atoms with Gasteiger partial charge < -0.3 is 15.4 Å². The quantitative estimate of drug-likeness (QED) is 0.374. The average molecular weight is 515 g/mol. The van der Waals surface area contributed by atoms with Gasteiger partial charge in [-0.2, -0.15) is 0 Å². The van der Waals surface area contributed by atoms with Crippen molar-refractivity contribution in [2.24, 2.45) is 11.1 Å². The van der Waals surface area contributed by atoms with Crippen LogP contribution in [0.25, 0.3) is 11.3 Å². The van der Waals surface area contributed by atoms with Crippen LogP contribution in [-0.2, 0) is 23.1 Å². The Labute approximate surface area is 200 Å². The third kappa shape index (κ3) is 5.69. The van der Waals surface area contributed by atoms with E-state index in [1.54, 1.807) is 0 Å². The molecule has 184 valence electrons. The summed E-state index contributed by atoms with van der Waals surface area (Å²) in [6.45, 7) is 4.69. The van der Waals surface area contributed by atoms with Gasteiger partial charge in [-0.15, -0.1) is 11.3 Å². The van der Waals surface area contributed by atoms with Crippen LogP contribution in [0.2, 0.25) is 0 Å². The summed E-state index contributed by atoms with van der Waals surface area (Å²) in [6.07, 6.45) is 0. The van der Waals surface area contributed by atoms with Crippen molar-refractivity contribution in [3.63, 3.8) is 0 Å². The number of rotatable bonds is 10. The fourth-order valence-corrected chi connectivity index (χ4v) is 4.80. The van der Waals surface area contributed by atoms with Crippen LogP contribution in [-0.4, -0.2) is 27.1 Å². The van der Waals surface area contributed by atoms with E-state index < -0.39 is 43.6 Å². The van der Waals surface area contributed by atoms with Crippen molar-refractivity contribution >= 4 is 27.0 Å². The number of primary sulfonamides is 1.